The van der Waals surface area contributed by atoms with Crippen LogP contribution >= 0.6 is 35.3 Å². The summed E-state index contributed by atoms with van der Waals surface area (Å²) in [5.74, 6) is 1.49. The number of amides is 1. The molecular formula is C19H33IN4OS. The number of nitrogens with one attached hydrogen (secondary N) is 2. The van der Waals surface area contributed by atoms with Crippen molar-refractivity contribution < 1.29 is 4.79 Å². The van der Waals surface area contributed by atoms with Gasteiger partial charge in [0, 0.05) is 25.5 Å². The van der Waals surface area contributed by atoms with Gasteiger partial charge in [0.15, 0.2) is 5.96 Å². The molecule has 0 saturated heterocycles. The molecular weight excluding hydrogens is 459 g/mol. The Morgan fingerprint density at radius 3 is 2.58 bits per heavy atom. The quantitative estimate of drug-likeness (QED) is 0.347. The number of rotatable bonds is 7. The van der Waals surface area contributed by atoms with Gasteiger partial charge in [-0.3, -0.25) is 4.79 Å². The van der Waals surface area contributed by atoms with E-state index in [2.05, 4.69) is 40.9 Å². The fraction of sp³-hybridized carbons (Fsp3) is 0.684. The molecule has 1 saturated carbocycles. The summed E-state index contributed by atoms with van der Waals surface area (Å²) >= 11 is 1.72. The highest BCUT2D eigenvalue weighted by Gasteiger charge is 2.31. The van der Waals surface area contributed by atoms with Crippen molar-refractivity contribution in [2.45, 2.75) is 46.1 Å². The number of aliphatic imine (C=N–C) groups is 1. The Bertz CT molecular complexity index is 566. The maximum absolute atomic E-state index is 11.9. The summed E-state index contributed by atoms with van der Waals surface area (Å²) in [6, 6.07) is 4.15. The third-order valence-corrected chi connectivity index (χ3v) is 5.93. The zero-order chi connectivity index (χ0) is 18.3. The SMILES string of the molecule is CN(C)C(=O)CN=C(NCc1cccs1)NCC(C)(C)C1CCCC1.I. The summed E-state index contributed by atoms with van der Waals surface area (Å²) in [5.41, 5.74) is 0.230. The van der Waals surface area contributed by atoms with E-state index in [4.69, 9.17) is 0 Å². The Balaban J connectivity index is 0.00000338. The van der Waals surface area contributed by atoms with Crippen molar-refractivity contribution in [1.29, 1.82) is 0 Å². The van der Waals surface area contributed by atoms with Crippen molar-refractivity contribution in [1.82, 2.24) is 15.5 Å². The van der Waals surface area contributed by atoms with Crippen LogP contribution in [0.5, 0.6) is 0 Å². The Morgan fingerprint density at radius 1 is 1.31 bits per heavy atom. The molecule has 0 radical (unpaired) electrons. The summed E-state index contributed by atoms with van der Waals surface area (Å²) in [6.07, 6.45) is 5.35. The van der Waals surface area contributed by atoms with Gasteiger partial charge < -0.3 is 15.5 Å². The molecule has 5 nitrogen and oxygen atoms in total. The van der Waals surface area contributed by atoms with E-state index >= 15 is 0 Å². The monoisotopic (exact) mass is 492 g/mol. The summed E-state index contributed by atoms with van der Waals surface area (Å²) in [4.78, 5) is 19.2. The lowest BCUT2D eigenvalue weighted by molar-refractivity contribution is -0.127. The van der Waals surface area contributed by atoms with Crippen LogP contribution in [0.2, 0.25) is 0 Å². The lowest BCUT2D eigenvalue weighted by Crippen LogP contribution is -2.44. The molecule has 1 amide bonds. The van der Waals surface area contributed by atoms with E-state index in [-0.39, 0.29) is 41.8 Å². The highest BCUT2D eigenvalue weighted by molar-refractivity contribution is 14.0. The molecule has 0 aliphatic heterocycles. The standard InChI is InChI=1S/C19H32N4OS.HI/c1-19(2,15-8-5-6-9-15)14-22-18(21-13-17(24)23(3)4)20-12-16-10-7-11-25-16;/h7,10-11,15H,5-6,8-9,12-14H2,1-4H3,(H2,20,21,22);1H. The van der Waals surface area contributed by atoms with Gasteiger partial charge >= 0.3 is 0 Å². The van der Waals surface area contributed by atoms with Crippen LogP contribution in [0, 0.1) is 11.3 Å². The molecule has 1 aromatic heterocycles. The Hall–Kier alpha value is -0.830. The molecule has 2 rings (SSSR count). The van der Waals surface area contributed by atoms with Crippen molar-refractivity contribution >= 4 is 47.2 Å². The zero-order valence-electron chi connectivity index (χ0n) is 16.4. The largest absolute Gasteiger partial charge is 0.356 e. The maximum Gasteiger partial charge on any atom is 0.243 e. The van der Waals surface area contributed by atoms with Gasteiger partial charge in [-0.15, -0.1) is 35.3 Å². The molecule has 0 spiro atoms. The van der Waals surface area contributed by atoms with Crippen LogP contribution in [0.1, 0.15) is 44.4 Å². The molecule has 1 heterocycles. The second-order valence-corrected chi connectivity index (χ2v) is 8.74. The molecule has 148 valence electrons. The van der Waals surface area contributed by atoms with E-state index in [9.17, 15) is 4.79 Å². The first-order chi connectivity index (χ1) is 11.9. The van der Waals surface area contributed by atoms with Gasteiger partial charge in [0.05, 0.1) is 6.54 Å². The summed E-state index contributed by atoms with van der Waals surface area (Å²) < 4.78 is 0. The number of likely N-dealkylation sites (N-methyl/N-ethyl adjacent to an activating group) is 1. The van der Waals surface area contributed by atoms with E-state index < -0.39 is 0 Å². The van der Waals surface area contributed by atoms with E-state index in [1.54, 1.807) is 30.3 Å². The predicted octanol–water partition coefficient (Wildman–Crippen LogP) is 3.71. The van der Waals surface area contributed by atoms with E-state index in [0.717, 1.165) is 25.0 Å². The van der Waals surface area contributed by atoms with Crippen LogP contribution in [-0.2, 0) is 11.3 Å². The van der Waals surface area contributed by atoms with Crippen LogP contribution in [0.4, 0.5) is 0 Å². The minimum atomic E-state index is 0. The van der Waals surface area contributed by atoms with Crippen LogP contribution in [0.3, 0.4) is 0 Å². The number of halogens is 1. The van der Waals surface area contributed by atoms with E-state index in [1.165, 1.54) is 30.6 Å². The molecule has 1 aliphatic rings. The lowest BCUT2D eigenvalue weighted by Gasteiger charge is -2.32. The number of hydrogen-bond acceptors (Lipinski definition) is 3. The maximum atomic E-state index is 11.9. The zero-order valence-corrected chi connectivity index (χ0v) is 19.5. The van der Waals surface area contributed by atoms with E-state index in [0.29, 0.717) is 0 Å². The van der Waals surface area contributed by atoms with Crippen LogP contribution < -0.4 is 10.6 Å². The normalized spacial score (nSPS) is 15.5. The first-order valence-corrected chi connectivity index (χ1v) is 10.0. The van der Waals surface area contributed by atoms with Crippen molar-refractivity contribution in [3.05, 3.63) is 22.4 Å². The average molecular weight is 492 g/mol. The highest BCUT2D eigenvalue weighted by Crippen LogP contribution is 2.38. The van der Waals surface area contributed by atoms with Crippen LogP contribution in [0.15, 0.2) is 22.5 Å². The average Bonchev–Trinajstić information content (AvgIpc) is 3.27. The summed E-state index contributed by atoms with van der Waals surface area (Å²) in [5, 5.41) is 8.89. The van der Waals surface area contributed by atoms with Crippen molar-refractivity contribution in [3.8, 4) is 0 Å². The first kappa shape index (κ1) is 23.2. The highest BCUT2D eigenvalue weighted by atomic mass is 127. The second kappa shape index (κ2) is 11.1. The molecule has 1 fully saturated rings. The fourth-order valence-corrected chi connectivity index (χ4v) is 3.85. The van der Waals surface area contributed by atoms with Gasteiger partial charge in [-0.05, 0) is 35.6 Å². The van der Waals surface area contributed by atoms with Gasteiger partial charge in [0.1, 0.15) is 6.54 Å². The number of carbonyl (C=O) groups is 1. The van der Waals surface area contributed by atoms with E-state index in [1.807, 2.05) is 6.07 Å². The molecule has 2 N–H and O–H groups in total. The Labute approximate surface area is 179 Å². The molecule has 7 heteroatoms. The molecule has 1 aromatic rings. The number of hydrogen-bond donors (Lipinski definition) is 2. The number of thiophene rings is 1. The third-order valence-electron chi connectivity index (χ3n) is 5.05. The number of carbonyl (C=O) groups excluding carboxylic acids is 1. The predicted molar refractivity (Wildman–Crippen MR) is 121 cm³/mol. The minimum Gasteiger partial charge on any atom is -0.356 e. The molecule has 1 aliphatic carbocycles. The molecule has 0 atom stereocenters. The fourth-order valence-electron chi connectivity index (χ4n) is 3.21. The van der Waals surface area contributed by atoms with Gasteiger partial charge in [0.25, 0.3) is 0 Å². The Morgan fingerprint density at radius 2 is 2.00 bits per heavy atom. The third kappa shape index (κ3) is 7.42. The molecule has 0 unspecified atom stereocenters. The van der Waals surface area contributed by atoms with Gasteiger partial charge in [-0.2, -0.15) is 0 Å². The minimum absolute atomic E-state index is 0. The van der Waals surface area contributed by atoms with Crippen LogP contribution in [0.25, 0.3) is 0 Å². The summed E-state index contributed by atoms with van der Waals surface area (Å²) in [7, 11) is 3.51. The van der Waals surface area contributed by atoms with Gasteiger partial charge in [0.2, 0.25) is 5.91 Å². The lowest BCUT2D eigenvalue weighted by atomic mass is 9.78. The smallest absolute Gasteiger partial charge is 0.243 e. The van der Waals surface area contributed by atoms with Gasteiger partial charge in [-0.25, -0.2) is 4.99 Å². The number of nitrogens with zero attached hydrogens (tertiary/aromatic N) is 2. The van der Waals surface area contributed by atoms with Crippen LogP contribution in [-0.4, -0.2) is 44.0 Å². The topological polar surface area (TPSA) is 56.7 Å². The van der Waals surface area contributed by atoms with Crippen molar-refractivity contribution in [3.63, 3.8) is 0 Å². The first-order valence-electron chi connectivity index (χ1n) is 9.13. The molecule has 0 aromatic carbocycles. The Kier molecular flexibility index (Phi) is 9.92. The molecule has 26 heavy (non-hydrogen) atoms. The second-order valence-electron chi connectivity index (χ2n) is 7.71. The van der Waals surface area contributed by atoms with Crippen molar-refractivity contribution in [2.75, 3.05) is 27.2 Å². The van der Waals surface area contributed by atoms with Gasteiger partial charge in [-0.1, -0.05) is 32.8 Å². The van der Waals surface area contributed by atoms with Crippen molar-refractivity contribution in [2.24, 2.45) is 16.3 Å². The summed E-state index contributed by atoms with van der Waals surface area (Å²) in [6.45, 7) is 6.42. The molecule has 0 bridgehead atoms. The number of guanidine groups is 1.